The smallest absolute Gasteiger partial charge is 0.0110 e. The Balaban J connectivity index is 2.51. The summed E-state index contributed by atoms with van der Waals surface area (Å²) in [4.78, 5) is 1.54. The second kappa shape index (κ2) is 4.83. The lowest BCUT2D eigenvalue weighted by atomic mass is 9.81. The highest BCUT2D eigenvalue weighted by atomic mass is 32.2. The Kier molecular flexibility index (Phi) is 3.63. The molecule has 1 aromatic carbocycles. The minimum absolute atomic E-state index is 0.648. The van der Waals surface area contributed by atoms with Gasteiger partial charge in [0.1, 0.15) is 0 Å². The maximum atomic E-state index is 2.36. The topological polar surface area (TPSA) is 0 Å². The molecular formula is C15H22S. The Morgan fingerprint density at radius 3 is 2.56 bits per heavy atom. The van der Waals surface area contributed by atoms with Gasteiger partial charge in [-0.15, -0.1) is 11.8 Å². The second-order valence-electron chi connectivity index (χ2n) is 5.40. The number of hydrogen-bond acceptors (Lipinski definition) is 1. The van der Waals surface area contributed by atoms with Gasteiger partial charge in [-0.3, -0.25) is 0 Å². The Morgan fingerprint density at radius 1 is 1.19 bits per heavy atom. The maximum Gasteiger partial charge on any atom is 0.0110 e. The monoisotopic (exact) mass is 234 g/mol. The molecule has 0 aliphatic carbocycles. The molecule has 1 unspecified atom stereocenters. The summed E-state index contributed by atoms with van der Waals surface area (Å²) in [6.07, 6.45) is 1.35. The zero-order valence-electron chi connectivity index (χ0n) is 10.8. The average molecular weight is 234 g/mol. The molecule has 0 spiro atoms. The van der Waals surface area contributed by atoms with Gasteiger partial charge in [-0.2, -0.15) is 0 Å². The van der Waals surface area contributed by atoms with Crippen molar-refractivity contribution in [1.82, 2.24) is 0 Å². The van der Waals surface area contributed by atoms with Gasteiger partial charge in [0.2, 0.25) is 0 Å². The van der Waals surface area contributed by atoms with Gasteiger partial charge in [0.25, 0.3) is 0 Å². The van der Waals surface area contributed by atoms with E-state index in [-0.39, 0.29) is 0 Å². The van der Waals surface area contributed by atoms with Crippen molar-refractivity contribution >= 4 is 11.8 Å². The van der Waals surface area contributed by atoms with Gasteiger partial charge in [0.15, 0.2) is 0 Å². The van der Waals surface area contributed by atoms with Crippen molar-refractivity contribution in [2.24, 2.45) is 5.92 Å². The summed E-state index contributed by atoms with van der Waals surface area (Å²) in [6.45, 7) is 9.35. The normalized spacial score (nSPS) is 20.2. The molecule has 0 bridgehead atoms. The van der Waals surface area contributed by atoms with Crippen LogP contribution in [0.3, 0.4) is 0 Å². The van der Waals surface area contributed by atoms with E-state index >= 15 is 0 Å². The van der Waals surface area contributed by atoms with Crippen LogP contribution in [0.15, 0.2) is 23.1 Å². The van der Waals surface area contributed by atoms with Crippen molar-refractivity contribution in [3.05, 3.63) is 29.3 Å². The molecule has 0 fully saturated rings. The van der Waals surface area contributed by atoms with Gasteiger partial charge in [0.05, 0.1) is 0 Å². The van der Waals surface area contributed by atoms with Crippen molar-refractivity contribution in [2.75, 3.05) is 5.75 Å². The molecule has 2 rings (SSSR count). The van der Waals surface area contributed by atoms with Crippen LogP contribution in [-0.2, 0) is 0 Å². The zero-order chi connectivity index (χ0) is 11.7. The summed E-state index contributed by atoms with van der Waals surface area (Å²) in [7, 11) is 0. The molecule has 1 aliphatic heterocycles. The van der Waals surface area contributed by atoms with E-state index in [2.05, 4.69) is 45.9 Å². The Bertz CT molecular complexity index is 366. The average Bonchev–Trinajstić information content (AvgIpc) is 2.27. The molecule has 16 heavy (non-hydrogen) atoms. The van der Waals surface area contributed by atoms with Gasteiger partial charge in [0, 0.05) is 4.90 Å². The van der Waals surface area contributed by atoms with Crippen molar-refractivity contribution in [3.8, 4) is 0 Å². The van der Waals surface area contributed by atoms with Gasteiger partial charge in [-0.25, -0.2) is 0 Å². The minimum atomic E-state index is 0.648. The molecular weight excluding hydrogens is 212 g/mol. The molecule has 0 amide bonds. The first-order chi connectivity index (χ1) is 7.61. The third-order valence-electron chi connectivity index (χ3n) is 3.58. The molecule has 1 aromatic rings. The van der Waals surface area contributed by atoms with Gasteiger partial charge in [-0.1, -0.05) is 39.8 Å². The van der Waals surface area contributed by atoms with Crippen molar-refractivity contribution in [2.45, 2.75) is 50.8 Å². The third-order valence-corrected chi connectivity index (χ3v) is 4.69. The number of benzene rings is 1. The van der Waals surface area contributed by atoms with E-state index < -0.39 is 0 Å². The standard InChI is InChI=1S/C15H22S/c1-10(2)12-6-5-7-14-15(12)13(11(3)4)8-9-16-14/h5-7,10-11,13H,8-9H2,1-4H3. The van der Waals surface area contributed by atoms with Crippen LogP contribution >= 0.6 is 11.8 Å². The second-order valence-corrected chi connectivity index (χ2v) is 6.54. The van der Waals surface area contributed by atoms with Gasteiger partial charge < -0.3 is 0 Å². The molecule has 0 nitrogen and oxygen atoms in total. The Labute approximate surface area is 104 Å². The summed E-state index contributed by atoms with van der Waals surface area (Å²) in [5, 5.41) is 0. The molecule has 0 radical (unpaired) electrons. The van der Waals surface area contributed by atoms with Crippen LogP contribution < -0.4 is 0 Å². The number of rotatable bonds is 2. The molecule has 0 saturated heterocycles. The molecule has 1 aliphatic rings. The largest absolute Gasteiger partial charge is 0.126 e. The summed E-state index contributed by atoms with van der Waals surface area (Å²) >= 11 is 2.04. The number of fused-ring (bicyclic) bond motifs is 1. The van der Waals surface area contributed by atoms with E-state index in [1.807, 2.05) is 11.8 Å². The fourth-order valence-electron chi connectivity index (χ4n) is 2.69. The summed E-state index contributed by atoms with van der Waals surface area (Å²) in [5.74, 6) is 3.47. The van der Waals surface area contributed by atoms with Gasteiger partial charge in [-0.05, 0) is 47.1 Å². The van der Waals surface area contributed by atoms with Crippen molar-refractivity contribution in [3.63, 3.8) is 0 Å². The summed E-state index contributed by atoms with van der Waals surface area (Å²) in [6, 6.07) is 6.86. The SMILES string of the molecule is CC(C)c1cccc2c1C(C(C)C)CCS2. The molecule has 1 atom stereocenters. The fourth-order valence-corrected chi connectivity index (χ4v) is 3.89. The fraction of sp³-hybridized carbons (Fsp3) is 0.600. The van der Waals surface area contributed by atoms with Crippen LogP contribution in [0.1, 0.15) is 57.1 Å². The first-order valence-corrected chi connectivity index (χ1v) is 7.35. The Hall–Kier alpha value is -0.430. The van der Waals surface area contributed by atoms with E-state index in [9.17, 15) is 0 Å². The minimum Gasteiger partial charge on any atom is -0.126 e. The first kappa shape index (κ1) is 12.0. The molecule has 0 saturated carbocycles. The number of thioether (sulfide) groups is 1. The van der Waals surface area contributed by atoms with Crippen LogP contribution in [0.4, 0.5) is 0 Å². The predicted octanol–water partition coefficient (Wildman–Crippen LogP) is 5.05. The summed E-state index contributed by atoms with van der Waals surface area (Å²) in [5.41, 5.74) is 3.23. The third kappa shape index (κ3) is 2.15. The zero-order valence-corrected chi connectivity index (χ0v) is 11.6. The van der Waals surface area contributed by atoms with Crippen molar-refractivity contribution < 1.29 is 0 Å². The highest BCUT2D eigenvalue weighted by molar-refractivity contribution is 7.99. The molecule has 88 valence electrons. The first-order valence-electron chi connectivity index (χ1n) is 6.37. The summed E-state index contributed by atoms with van der Waals surface area (Å²) < 4.78 is 0. The van der Waals surface area contributed by atoms with E-state index in [1.54, 1.807) is 11.1 Å². The molecule has 0 aromatic heterocycles. The van der Waals surface area contributed by atoms with Gasteiger partial charge >= 0.3 is 0 Å². The van der Waals surface area contributed by atoms with Crippen molar-refractivity contribution in [1.29, 1.82) is 0 Å². The lowest BCUT2D eigenvalue weighted by Crippen LogP contribution is -2.16. The van der Waals surface area contributed by atoms with Crippen LogP contribution in [0.25, 0.3) is 0 Å². The predicted molar refractivity (Wildman–Crippen MR) is 73.5 cm³/mol. The molecule has 1 heterocycles. The highest BCUT2D eigenvalue weighted by Crippen LogP contribution is 2.44. The van der Waals surface area contributed by atoms with E-state index in [0.717, 1.165) is 11.8 Å². The Morgan fingerprint density at radius 2 is 1.94 bits per heavy atom. The van der Waals surface area contributed by atoms with Crippen LogP contribution in [0, 0.1) is 5.92 Å². The van der Waals surface area contributed by atoms with Crippen LogP contribution in [0.2, 0.25) is 0 Å². The lowest BCUT2D eigenvalue weighted by Gasteiger charge is -2.31. The van der Waals surface area contributed by atoms with E-state index in [4.69, 9.17) is 0 Å². The molecule has 0 N–H and O–H groups in total. The highest BCUT2D eigenvalue weighted by Gasteiger charge is 2.26. The van der Waals surface area contributed by atoms with Crippen LogP contribution in [-0.4, -0.2) is 5.75 Å². The quantitative estimate of drug-likeness (QED) is 0.690. The number of hydrogen-bond donors (Lipinski definition) is 0. The van der Waals surface area contributed by atoms with Crippen LogP contribution in [0.5, 0.6) is 0 Å². The van der Waals surface area contributed by atoms with E-state index in [1.165, 1.54) is 17.1 Å². The maximum absolute atomic E-state index is 2.36. The molecule has 1 heteroatoms. The lowest BCUT2D eigenvalue weighted by molar-refractivity contribution is 0.472. The van der Waals surface area contributed by atoms with E-state index in [0.29, 0.717) is 5.92 Å².